The molecule has 5 aromatic rings. The average molecular weight is 411 g/mol. The van der Waals surface area contributed by atoms with Gasteiger partial charge in [0.2, 0.25) is 0 Å². The van der Waals surface area contributed by atoms with Gasteiger partial charge in [0, 0.05) is 37.0 Å². The Labute approximate surface area is 178 Å². The van der Waals surface area contributed by atoms with Crippen molar-refractivity contribution in [2.45, 2.75) is 19.8 Å². The van der Waals surface area contributed by atoms with E-state index in [1.54, 1.807) is 16.1 Å². The van der Waals surface area contributed by atoms with Crippen molar-refractivity contribution in [3.05, 3.63) is 78.1 Å². The van der Waals surface area contributed by atoms with Crippen molar-refractivity contribution in [2.75, 3.05) is 0 Å². The largest absolute Gasteiger partial charge is 0.340 e. The third kappa shape index (κ3) is 3.75. The Morgan fingerprint density at radius 2 is 2.03 bits per heavy atom. The van der Waals surface area contributed by atoms with Crippen LogP contribution in [-0.4, -0.2) is 40.1 Å². The number of carbonyl (C=O) groups is 1. The van der Waals surface area contributed by atoms with E-state index >= 15 is 0 Å². The number of aromatic amines is 1. The summed E-state index contributed by atoms with van der Waals surface area (Å²) in [6.07, 6.45) is 6.85. The number of Topliss-reactive ketones (excluding diaryl/α,β-unsaturated/α-hetero) is 1. The first kappa shape index (κ1) is 18.9. The minimum absolute atomic E-state index is 0.0723. The maximum Gasteiger partial charge on any atom is 0.159 e. The van der Waals surface area contributed by atoms with Crippen LogP contribution in [0.15, 0.2) is 61.2 Å². The van der Waals surface area contributed by atoms with Gasteiger partial charge < -0.3 is 4.98 Å². The number of ketones is 1. The summed E-state index contributed by atoms with van der Waals surface area (Å²) in [6.45, 7) is 1.59. The highest BCUT2D eigenvalue weighted by Crippen LogP contribution is 2.29. The molecule has 0 radical (unpaired) electrons. The number of aromatic nitrogens is 7. The molecule has 31 heavy (non-hydrogen) atoms. The summed E-state index contributed by atoms with van der Waals surface area (Å²) in [5, 5.41) is 8.79. The second kappa shape index (κ2) is 7.64. The third-order valence-corrected chi connectivity index (χ3v) is 5.25. The van der Waals surface area contributed by atoms with Crippen LogP contribution in [0.3, 0.4) is 0 Å². The summed E-state index contributed by atoms with van der Waals surface area (Å²) in [7, 11) is 1.89. The quantitative estimate of drug-likeness (QED) is 0.432. The molecular weight excluding hydrogens is 390 g/mol. The lowest BCUT2D eigenvalue weighted by Gasteiger charge is -2.02. The molecule has 0 saturated carbocycles. The van der Waals surface area contributed by atoms with Crippen LogP contribution < -0.4 is 0 Å². The highest BCUT2D eigenvalue weighted by Gasteiger charge is 2.17. The highest BCUT2D eigenvalue weighted by atomic mass is 16.1. The van der Waals surface area contributed by atoms with Crippen molar-refractivity contribution >= 4 is 11.4 Å². The van der Waals surface area contributed by atoms with Crippen LogP contribution in [0.5, 0.6) is 0 Å². The van der Waals surface area contributed by atoms with Gasteiger partial charge in [0.25, 0.3) is 0 Å². The normalized spacial score (nSPS) is 11.3. The van der Waals surface area contributed by atoms with Gasteiger partial charge in [-0.1, -0.05) is 18.2 Å². The Hall–Kier alpha value is -4.07. The third-order valence-electron chi connectivity index (χ3n) is 5.25. The Balaban J connectivity index is 1.50. The van der Waals surface area contributed by atoms with E-state index in [2.05, 4.69) is 20.2 Å². The average Bonchev–Trinajstić information content (AvgIpc) is 3.51. The van der Waals surface area contributed by atoms with Crippen LogP contribution in [0.4, 0.5) is 0 Å². The molecule has 5 rings (SSSR count). The summed E-state index contributed by atoms with van der Waals surface area (Å²) >= 11 is 0. The molecular formula is C23H21N7O. The lowest BCUT2D eigenvalue weighted by Crippen LogP contribution is -1.97. The van der Waals surface area contributed by atoms with E-state index in [0.29, 0.717) is 6.42 Å². The van der Waals surface area contributed by atoms with Crippen LogP contribution in [0, 0.1) is 0 Å². The van der Waals surface area contributed by atoms with Crippen LogP contribution >= 0.6 is 0 Å². The van der Waals surface area contributed by atoms with Gasteiger partial charge >= 0.3 is 0 Å². The lowest BCUT2D eigenvalue weighted by molar-refractivity contribution is 0.101. The van der Waals surface area contributed by atoms with Crippen LogP contribution in [0.2, 0.25) is 0 Å². The van der Waals surface area contributed by atoms with E-state index in [-0.39, 0.29) is 5.78 Å². The molecule has 0 atom stereocenters. The number of imidazole rings is 1. The van der Waals surface area contributed by atoms with Gasteiger partial charge in [0.05, 0.1) is 11.4 Å². The number of hydrogen-bond acceptors (Lipinski definition) is 5. The van der Waals surface area contributed by atoms with E-state index < -0.39 is 0 Å². The second-order valence-corrected chi connectivity index (χ2v) is 7.52. The monoisotopic (exact) mass is 411 g/mol. The smallest absolute Gasteiger partial charge is 0.159 e. The number of benzene rings is 1. The van der Waals surface area contributed by atoms with Crippen LogP contribution in [0.1, 0.15) is 28.7 Å². The Morgan fingerprint density at radius 1 is 1.13 bits per heavy atom. The van der Waals surface area contributed by atoms with Crippen LogP contribution in [-0.2, 0) is 19.9 Å². The van der Waals surface area contributed by atoms with Crippen molar-refractivity contribution in [3.8, 4) is 22.6 Å². The standard InChI is InChI=1S/C23H21N7O/c1-15(31)17-5-3-4-16(12-17)6-8-20-26-22(23(27-20)19-10-11-29(2)28-19)18-7-9-21-24-14-25-30(21)13-18/h3-5,7,9-14H,6,8H2,1-2H3,(H,26,27). The first-order chi connectivity index (χ1) is 15.1. The first-order valence-electron chi connectivity index (χ1n) is 10.1. The molecule has 8 heteroatoms. The summed E-state index contributed by atoms with van der Waals surface area (Å²) in [4.78, 5) is 24.2. The molecule has 4 aromatic heterocycles. The van der Waals surface area contributed by atoms with E-state index in [0.717, 1.165) is 51.7 Å². The molecule has 0 fully saturated rings. The molecule has 8 nitrogen and oxygen atoms in total. The highest BCUT2D eigenvalue weighted by molar-refractivity contribution is 5.94. The number of nitrogens with zero attached hydrogens (tertiary/aromatic N) is 6. The van der Waals surface area contributed by atoms with Gasteiger partial charge in [-0.2, -0.15) is 10.2 Å². The number of pyridine rings is 1. The number of nitrogens with one attached hydrogen (secondary N) is 1. The SMILES string of the molecule is CC(=O)c1cccc(CCc2nc(-c3ccc4ncnn4c3)c(-c3ccn(C)n3)[nH]2)c1. The zero-order chi connectivity index (χ0) is 21.4. The second-order valence-electron chi connectivity index (χ2n) is 7.52. The van der Waals surface area contributed by atoms with E-state index in [1.807, 2.05) is 61.9 Å². The molecule has 0 unspecified atom stereocenters. The summed E-state index contributed by atoms with van der Waals surface area (Å²) in [5.74, 6) is 0.936. The fourth-order valence-corrected chi connectivity index (χ4v) is 3.65. The molecule has 0 amide bonds. The Kier molecular flexibility index (Phi) is 4.66. The zero-order valence-electron chi connectivity index (χ0n) is 17.3. The van der Waals surface area contributed by atoms with Crippen molar-refractivity contribution in [2.24, 2.45) is 7.05 Å². The molecule has 0 aliphatic heterocycles. The molecule has 1 N–H and O–H groups in total. The number of fused-ring (bicyclic) bond motifs is 1. The molecule has 1 aromatic carbocycles. The van der Waals surface area contributed by atoms with Crippen molar-refractivity contribution < 1.29 is 4.79 Å². The molecule has 0 bridgehead atoms. The van der Waals surface area contributed by atoms with Crippen LogP contribution in [0.25, 0.3) is 28.3 Å². The van der Waals surface area contributed by atoms with E-state index in [9.17, 15) is 4.79 Å². The zero-order valence-corrected chi connectivity index (χ0v) is 17.3. The van der Waals surface area contributed by atoms with Gasteiger partial charge in [-0.05, 0) is 43.2 Å². The fraction of sp³-hybridized carbons (Fsp3) is 0.174. The topological polar surface area (TPSA) is 93.8 Å². The fourth-order valence-electron chi connectivity index (χ4n) is 3.65. The van der Waals surface area contributed by atoms with Crippen molar-refractivity contribution in [3.63, 3.8) is 0 Å². The molecule has 0 saturated heterocycles. The maximum atomic E-state index is 11.7. The van der Waals surface area contributed by atoms with Crippen molar-refractivity contribution in [1.29, 1.82) is 0 Å². The summed E-state index contributed by atoms with van der Waals surface area (Å²) < 4.78 is 3.51. The summed E-state index contributed by atoms with van der Waals surface area (Å²) in [5.41, 5.74) is 6.07. The predicted octanol–water partition coefficient (Wildman–Crippen LogP) is 3.51. The maximum absolute atomic E-state index is 11.7. The Bertz CT molecular complexity index is 1390. The summed E-state index contributed by atoms with van der Waals surface area (Å²) in [6, 6.07) is 13.6. The molecule has 0 aliphatic carbocycles. The minimum atomic E-state index is 0.0723. The lowest BCUT2D eigenvalue weighted by atomic mass is 10.0. The van der Waals surface area contributed by atoms with E-state index in [4.69, 9.17) is 4.98 Å². The molecule has 0 aliphatic rings. The molecule has 4 heterocycles. The number of hydrogen-bond donors (Lipinski definition) is 1. The van der Waals surface area contributed by atoms with Gasteiger partial charge in [-0.25, -0.2) is 14.5 Å². The predicted molar refractivity (Wildman–Crippen MR) is 117 cm³/mol. The molecule has 0 spiro atoms. The van der Waals surface area contributed by atoms with Gasteiger partial charge in [-0.15, -0.1) is 0 Å². The van der Waals surface area contributed by atoms with Crippen molar-refractivity contribution in [1.82, 2.24) is 34.3 Å². The minimum Gasteiger partial charge on any atom is -0.340 e. The Morgan fingerprint density at radius 3 is 2.84 bits per heavy atom. The van der Waals surface area contributed by atoms with Gasteiger partial charge in [0.1, 0.15) is 17.8 Å². The van der Waals surface area contributed by atoms with Gasteiger partial charge in [0.15, 0.2) is 11.4 Å². The number of carbonyl (C=O) groups excluding carboxylic acids is 1. The molecule has 154 valence electrons. The number of H-pyrrole nitrogens is 1. The van der Waals surface area contributed by atoms with E-state index in [1.165, 1.54) is 6.33 Å². The number of aryl methyl sites for hydroxylation is 3. The number of rotatable bonds is 6. The first-order valence-corrected chi connectivity index (χ1v) is 10.1. The van der Waals surface area contributed by atoms with Gasteiger partial charge in [-0.3, -0.25) is 9.48 Å².